The number of esters is 3. The third-order valence-corrected chi connectivity index (χ3v) is 3.39. The minimum atomic E-state index is -1.29. The fraction of sp³-hybridized carbons (Fsp3) is 0.812. The highest BCUT2D eigenvalue weighted by Crippen LogP contribution is 2.19. The van der Waals surface area contributed by atoms with Crippen LogP contribution in [0.3, 0.4) is 0 Å². The number of hydrogen-bond donors (Lipinski definition) is 0. The molecule has 0 fully saturated rings. The van der Waals surface area contributed by atoms with E-state index in [9.17, 15) is 14.4 Å². The molecule has 0 aromatic carbocycles. The lowest BCUT2D eigenvalue weighted by molar-refractivity contribution is -0.181. The summed E-state index contributed by atoms with van der Waals surface area (Å²) in [4.78, 5) is 35.2. The topological polar surface area (TPSA) is 78.9 Å². The molecule has 0 aliphatic rings. The molecule has 0 unspecified atom stereocenters. The monoisotopic (exact) mass is 316 g/mol. The minimum Gasteiger partial charge on any atom is -0.460 e. The smallest absolute Gasteiger partial charge is 0.348 e. The van der Waals surface area contributed by atoms with E-state index in [1.54, 1.807) is 27.7 Å². The predicted molar refractivity (Wildman–Crippen MR) is 81.1 cm³/mol. The first-order valence-electron chi connectivity index (χ1n) is 7.54. The Labute approximate surface area is 132 Å². The van der Waals surface area contributed by atoms with E-state index in [-0.39, 0.29) is 6.42 Å². The molecule has 0 radical (unpaired) electrons. The third kappa shape index (κ3) is 8.00. The highest BCUT2D eigenvalue weighted by atomic mass is 16.6. The molecule has 0 spiro atoms. The maximum absolute atomic E-state index is 12.1. The molecule has 0 aliphatic heterocycles. The molecule has 6 heteroatoms. The van der Waals surface area contributed by atoms with Gasteiger partial charge >= 0.3 is 17.9 Å². The van der Waals surface area contributed by atoms with E-state index in [0.29, 0.717) is 12.8 Å². The molecule has 0 amide bonds. The SMILES string of the molecule is CCC(C)(C)OC(=O)C[C@H](OC(C)=O)C(=O)OC(C)(C)CC. The summed E-state index contributed by atoms with van der Waals surface area (Å²) in [5.74, 6) is -2.00. The van der Waals surface area contributed by atoms with E-state index in [2.05, 4.69) is 0 Å². The lowest BCUT2D eigenvalue weighted by atomic mass is 10.1. The van der Waals surface area contributed by atoms with Gasteiger partial charge < -0.3 is 14.2 Å². The third-order valence-electron chi connectivity index (χ3n) is 3.39. The fourth-order valence-corrected chi connectivity index (χ4v) is 1.36. The van der Waals surface area contributed by atoms with Crippen molar-refractivity contribution in [3.8, 4) is 0 Å². The Balaban J connectivity index is 4.88. The second kappa shape index (κ2) is 8.15. The van der Waals surface area contributed by atoms with Crippen molar-refractivity contribution in [1.29, 1.82) is 0 Å². The molecule has 0 aromatic heterocycles. The Morgan fingerprint density at radius 1 is 0.909 bits per heavy atom. The van der Waals surface area contributed by atoms with Gasteiger partial charge in [-0.1, -0.05) is 13.8 Å². The summed E-state index contributed by atoms with van der Waals surface area (Å²) in [5, 5.41) is 0. The average molecular weight is 316 g/mol. The number of carbonyl (C=O) groups excluding carboxylic acids is 3. The van der Waals surface area contributed by atoms with Crippen LogP contribution in [0.5, 0.6) is 0 Å². The number of carbonyl (C=O) groups is 3. The zero-order chi connectivity index (χ0) is 17.6. The Kier molecular flexibility index (Phi) is 7.56. The Morgan fingerprint density at radius 2 is 1.36 bits per heavy atom. The minimum absolute atomic E-state index is 0.359. The summed E-state index contributed by atoms with van der Waals surface area (Å²) in [6, 6.07) is 0. The van der Waals surface area contributed by atoms with Gasteiger partial charge in [-0.2, -0.15) is 0 Å². The summed E-state index contributed by atoms with van der Waals surface area (Å²) in [6.07, 6.45) is -0.423. The molecule has 0 N–H and O–H groups in total. The Hall–Kier alpha value is -1.59. The van der Waals surface area contributed by atoms with Crippen molar-refractivity contribution in [1.82, 2.24) is 0 Å². The molecule has 0 saturated heterocycles. The lowest BCUT2D eigenvalue weighted by Gasteiger charge is -2.27. The molecule has 0 bridgehead atoms. The van der Waals surface area contributed by atoms with Gasteiger partial charge in [-0.15, -0.1) is 0 Å². The van der Waals surface area contributed by atoms with E-state index >= 15 is 0 Å². The van der Waals surface area contributed by atoms with Crippen molar-refractivity contribution in [3.63, 3.8) is 0 Å². The second-order valence-corrected chi connectivity index (χ2v) is 6.42. The van der Waals surface area contributed by atoms with Crippen LogP contribution in [0.15, 0.2) is 0 Å². The van der Waals surface area contributed by atoms with Crippen molar-refractivity contribution < 1.29 is 28.6 Å². The molecular formula is C16H28O6. The molecule has 0 aromatic rings. The van der Waals surface area contributed by atoms with Crippen molar-refractivity contribution >= 4 is 17.9 Å². The zero-order valence-corrected chi connectivity index (χ0v) is 14.6. The first-order chi connectivity index (χ1) is 9.92. The van der Waals surface area contributed by atoms with Crippen LogP contribution in [0.25, 0.3) is 0 Å². The summed E-state index contributed by atoms with van der Waals surface area (Å²) >= 11 is 0. The van der Waals surface area contributed by atoms with Crippen LogP contribution < -0.4 is 0 Å². The van der Waals surface area contributed by atoms with Gasteiger partial charge in [0.15, 0.2) is 0 Å². The molecule has 22 heavy (non-hydrogen) atoms. The normalized spacial score (nSPS) is 13.2. The molecule has 6 nitrogen and oxygen atoms in total. The first-order valence-corrected chi connectivity index (χ1v) is 7.54. The number of ether oxygens (including phenoxy) is 3. The lowest BCUT2D eigenvalue weighted by Crippen LogP contribution is -2.38. The number of hydrogen-bond acceptors (Lipinski definition) is 6. The molecular weight excluding hydrogens is 288 g/mol. The van der Waals surface area contributed by atoms with Gasteiger partial charge in [-0.25, -0.2) is 4.79 Å². The van der Waals surface area contributed by atoms with Gasteiger partial charge in [0, 0.05) is 6.92 Å². The average Bonchev–Trinajstić information content (AvgIpc) is 2.36. The zero-order valence-electron chi connectivity index (χ0n) is 14.6. The van der Waals surface area contributed by atoms with Gasteiger partial charge in [-0.05, 0) is 40.5 Å². The molecule has 0 heterocycles. The molecule has 0 saturated carbocycles. The van der Waals surface area contributed by atoms with E-state index in [0.717, 1.165) is 0 Å². The molecule has 1 atom stereocenters. The summed E-state index contributed by atoms with van der Waals surface area (Å²) in [6.45, 7) is 11.9. The Morgan fingerprint density at radius 3 is 1.77 bits per heavy atom. The largest absolute Gasteiger partial charge is 0.460 e. The van der Waals surface area contributed by atoms with Crippen LogP contribution >= 0.6 is 0 Å². The van der Waals surface area contributed by atoms with Crippen LogP contribution in [0.4, 0.5) is 0 Å². The molecule has 128 valence electrons. The standard InChI is InChI=1S/C16H28O6/c1-8-15(4,5)21-13(18)10-12(20-11(3)17)14(19)22-16(6,7)9-2/h12H,8-10H2,1-7H3/t12-/m0/s1. The predicted octanol–water partition coefficient (Wildman–Crippen LogP) is 2.77. The van der Waals surface area contributed by atoms with Crippen LogP contribution in [0.2, 0.25) is 0 Å². The van der Waals surface area contributed by atoms with Crippen LogP contribution in [-0.4, -0.2) is 35.2 Å². The second-order valence-electron chi connectivity index (χ2n) is 6.42. The first kappa shape index (κ1) is 20.4. The highest BCUT2D eigenvalue weighted by Gasteiger charge is 2.33. The van der Waals surface area contributed by atoms with E-state index in [1.165, 1.54) is 6.92 Å². The van der Waals surface area contributed by atoms with E-state index < -0.39 is 35.2 Å². The van der Waals surface area contributed by atoms with E-state index in [1.807, 2.05) is 13.8 Å². The Bertz CT molecular complexity index is 411. The number of rotatable bonds is 8. The molecule has 0 rings (SSSR count). The van der Waals surface area contributed by atoms with Gasteiger partial charge in [0.25, 0.3) is 0 Å². The maximum atomic E-state index is 12.1. The van der Waals surface area contributed by atoms with Crippen molar-refractivity contribution in [2.24, 2.45) is 0 Å². The summed E-state index contributed by atoms with van der Waals surface area (Å²) in [5.41, 5.74) is -1.33. The van der Waals surface area contributed by atoms with Crippen molar-refractivity contribution in [3.05, 3.63) is 0 Å². The van der Waals surface area contributed by atoms with Gasteiger partial charge in [0.1, 0.15) is 11.2 Å². The van der Waals surface area contributed by atoms with Crippen molar-refractivity contribution in [2.45, 2.75) is 85.0 Å². The highest BCUT2D eigenvalue weighted by molar-refractivity contribution is 5.84. The van der Waals surface area contributed by atoms with Crippen LogP contribution in [0, 0.1) is 0 Å². The summed E-state index contributed by atoms with van der Waals surface area (Å²) < 4.78 is 15.5. The maximum Gasteiger partial charge on any atom is 0.348 e. The van der Waals surface area contributed by atoms with Crippen molar-refractivity contribution in [2.75, 3.05) is 0 Å². The van der Waals surface area contributed by atoms with Crippen LogP contribution in [0.1, 0.15) is 67.7 Å². The quantitative estimate of drug-likeness (QED) is 0.506. The van der Waals surface area contributed by atoms with E-state index in [4.69, 9.17) is 14.2 Å². The van der Waals surface area contributed by atoms with Gasteiger partial charge in [0.2, 0.25) is 6.10 Å². The summed E-state index contributed by atoms with van der Waals surface area (Å²) in [7, 11) is 0. The van der Waals surface area contributed by atoms with Gasteiger partial charge in [0.05, 0.1) is 6.42 Å². The fourth-order valence-electron chi connectivity index (χ4n) is 1.36. The van der Waals surface area contributed by atoms with Crippen LogP contribution in [-0.2, 0) is 28.6 Å². The molecule has 0 aliphatic carbocycles. The van der Waals surface area contributed by atoms with Gasteiger partial charge in [-0.3, -0.25) is 9.59 Å².